The van der Waals surface area contributed by atoms with Crippen molar-refractivity contribution in [2.75, 3.05) is 7.11 Å². The predicted octanol–water partition coefficient (Wildman–Crippen LogP) is 2.94. The molecule has 0 bridgehead atoms. The average molecular weight is 278 g/mol. The van der Waals surface area contributed by atoms with Crippen LogP contribution in [0.1, 0.15) is 32.8 Å². The van der Waals surface area contributed by atoms with E-state index in [4.69, 9.17) is 14.2 Å². The van der Waals surface area contributed by atoms with Crippen LogP contribution in [0, 0.1) is 5.92 Å². The predicted molar refractivity (Wildman–Crippen MR) is 75.5 cm³/mol. The van der Waals surface area contributed by atoms with Gasteiger partial charge in [-0.05, 0) is 30.5 Å². The van der Waals surface area contributed by atoms with Gasteiger partial charge in [0.2, 0.25) is 0 Å². The molecule has 1 fully saturated rings. The maximum absolute atomic E-state index is 11.5. The number of ether oxygens (including phenoxy) is 3. The fourth-order valence-electron chi connectivity index (χ4n) is 2.34. The number of rotatable bonds is 5. The molecule has 110 valence electrons. The van der Waals surface area contributed by atoms with E-state index in [1.54, 1.807) is 7.11 Å². The Labute approximate surface area is 120 Å². The van der Waals surface area contributed by atoms with E-state index in [2.05, 4.69) is 0 Å². The van der Waals surface area contributed by atoms with Crippen LogP contribution in [0.2, 0.25) is 0 Å². The number of carbonyl (C=O) groups excluding carboxylic acids is 1. The van der Waals surface area contributed by atoms with Crippen LogP contribution >= 0.6 is 0 Å². The highest BCUT2D eigenvalue weighted by molar-refractivity contribution is 5.73. The molecule has 0 radical (unpaired) electrons. The van der Waals surface area contributed by atoms with Crippen molar-refractivity contribution in [2.45, 2.75) is 45.5 Å². The van der Waals surface area contributed by atoms with Crippen LogP contribution in [0.3, 0.4) is 0 Å². The topological polar surface area (TPSA) is 44.8 Å². The molecule has 20 heavy (non-hydrogen) atoms. The van der Waals surface area contributed by atoms with Gasteiger partial charge in [-0.15, -0.1) is 0 Å². The third kappa shape index (κ3) is 2.96. The Morgan fingerprint density at radius 3 is 2.55 bits per heavy atom. The van der Waals surface area contributed by atoms with Crippen LogP contribution in [0.5, 0.6) is 5.75 Å². The summed E-state index contributed by atoms with van der Waals surface area (Å²) in [6.45, 7) is 6.50. The lowest BCUT2D eigenvalue weighted by atomic mass is 9.87. The number of hydrogen-bond donors (Lipinski definition) is 0. The van der Waals surface area contributed by atoms with E-state index in [9.17, 15) is 4.79 Å². The fourth-order valence-corrected chi connectivity index (χ4v) is 2.34. The maximum Gasteiger partial charge on any atom is 0.309 e. The molecule has 0 unspecified atom stereocenters. The lowest BCUT2D eigenvalue weighted by Gasteiger charge is -2.33. The van der Waals surface area contributed by atoms with E-state index in [1.165, 1.54) is 0 Å². The summed E-state index contributed by atoms with van der Waals surface area (Å²) in [5.74, 6) is 0.857. The molecule has 1 saturated heterocycles. The molecule has 2 rings (SSSR count). The van der Waals surface area contributed by atoms with Crippen molar-refractivity contribution in [1.82, 2.24) is 0 Å². The molecule has 1 aromatic carbocycles. The van der Waals surface area contributed by atoms with Crippen molar-refractivity contribution in [1.29, 1.82) is 0 Å². The van der Waals surface area contributed by atoms with Gasteiger partial charge >= 0.3 is 5.97 Å². The first-order valence-electron chi connectivity index (χ1n) is 6.92. The summed E-state index contributed by atoms with van der Waals surface area (Å²) >= 11 is 0. The fraction of sp³-hybridized carbons (Fsp3) is 0.562. The van der Waals surface area contributed by atoms with E-state index in [1.807, 2.05) is 45.0 Å². The quantitative estimate of drug-likeness (QED) is 0.777. The Bertz CT molecular complexity index is 466. The summed E-state index contributed by atoms with van der Waals surface area (Å²) in [6.07, 6.45) is 0.127. The molecule has 1 aromatic rings. The van der Waals surface area contributed by atoms with E-state index < -0.39 is 5.60 Å². The molecule has 0 aliphatic carbocycles. The van der Waals surface area contributed by atoms with Crippen molar-refractivity contribution in [3.8, 4) is 5.75 Å². The highest BCUT2D eigenvalue weighted by Gasteiger charge is 2.48. The lowest BCUT2D eigenvalue weighted by molar-refractivity contribution is -0.156. The van der Waals surface area contributed by atoms with Crippen LogP contribution in [-0.2, 0) is 20.9 Å². The Morgan fingerprint density at radius 2 is 2.00 bits per heavy atom. The van der Waals surface area contributed by atoms with Crippen LogP contribution in [0.4, 0.5) is 0 Å². The second-order valence-electron chi connectivity index (χ2n) is 5.66. The molecule has 2 atom stereocenters. The van der Waals surface area contributed by atoms with Gasteiger partial charge in [0.05, 0.1) is 20.1 Å². The summed E-state index contributed by atoms with van der Waals surface area (Å²) in [7, 11) is 1.64. The zero-order valence-electron chi connectivity index (χ0n) is 12.5. The van der Waals surface area contributed by atoms with Gasteiger partial charge in [0, 0.05) is 0 Å². The van der Waals surface area contributed by atoms with Gasteiger partial charge in [0.1, 0.15) is 17.5 Å². The minimum atomic E-state index is -0.538. The molecule has 4 heteroatoms. The molecule has 0 N–H and O–H groups in total. The van der Waals surface area contributed by atoms with Gasteiger partial charge in [-0.1, -0.05) is 26.0 Å². The number of cyclic esters (lactones) is 1. The van der Waals surface area contributed by atoms with Gasteiger partial charge < -0.3 is 14.2 Å². The van der Waals surface area contributed by atoms with Crippen molar-refractivity contribution in [3.05, 3.63) is 29.8 Å². The number of methoxy groups -OCH3 is 1. The zero-order valence-corrected chi connectivity index (χ0v) is 12.5. The van der Waals surface area contributed by atoms with Gasteiger partial charge in [-0.2, -0.15) is 0 Å². The van der Waals surface area contributed by atoms with Crippen LogP contribution in [-0.4, -0.2) is 24.8 Å². The molecule has 1 aliphatic rings. The summed E-state index contributed by atoms with van der Waals surface area (Å²) in [6, 6.07) is 7.72. The maximum atomic E-state index is 11.5. The first-order valence-corrected chi connectivity index (χ1v) is 6.92. The third-order valence-electron chi connectivity index (χ3n) is 4.08. The molecular weight excluding hydrogens is 256 g/mol. The van der Waals surface area contributed by atoms with Crippen LogP contribution in [0.15, 0.2) is 24.3 Å². The minimum Gasteiger partial charge on any atom is -0.497 e. The first kappa shape index (κ1) is 14.9. The molecule has 0 amide bonds. The van der Waals surface area contributed by atoms with E-state index in [0.717, 1.165) is 11.3 Å². The van der Waals surface area contributed by atoms with Gasteiger partial charge in [-0.3, -0.25) is 4.79 Å². The Kier molecular flexibility index (Phi) is 4.33. The SMILES string of the molecule is COc1ccc(CO[C@@H]2CC(=O)O[C@]2(C)C(C)C)cc1. The second kappa shape index (κ2) is 5.83. The first-order chi connectivity index (χ1) is 9.45. The summed E-state index contributed by atoms with van der Waals surface area (Å²) in [4.78, 5) is 11.5. The summed E-state index contributed by atoms with van der Waals surface area (Å²) < 4.78 is 16.5. The standard InChI is InChI=1S/C16H22O4/c1-11(2)16(3)14(9-15(17)20-16)19-10-12-5-7-13(18-4)8-6-12/h5-8,11,14H,9-10H2,1-4H3/t14-,16-/m1/s1. The van der Waals surface area contributed by atoms with Crippen molar-refractivity contribution >= 4 is 5.97 Å². The number of esters is 1. The van der Waals surface area contributed by atoms with E-state index in [-0.39, 0.29) is 18.0 Å². The summed E-state index contributed by atoms with van der Waals surface area (Å²) in [5, 5.41) is 0. The third-order valence-corrected chi connectivity index (χ3v) is 4.08. The molecule has 1 aliphatic heterocycles. The highest BCUT2D eigenvalue weighted by atomic mass is 16.6. The van der Waals surface area contributed by atoms with E-state index in [0.29, 0.717) is 13.0 Å². The Balaban J connectivity index is 2.00. The largest absolute Gasteiger partial charge is 0.497 e. The summed E-state index contributed by atoms with van der Waals surface area (Å²) in [5.41, 5.74) is 0.514. The zero-order chi connectivity index (χ0) is 14.8. The van der Waals surface area contributed by atoms with Gasteiger partial charge in [0.15, 0.2) is 0 Å². The van der Waals surface area contributed by atoms with Crippen molar-refractivity contribution in [2.24, 2.45) is 5.92 Å². The van der Waals surface area contributed by atoms with Crippen molar-refractivity contribution in [3.63, 3.8) is 0 Å². The molecule has 0 spiro atoms. The van der Waals surface area contributed by atoms with Crippen LogP contribution < -0.4 is 4.74 Å². The Morgan fingerprint density at radius 1 is 1.35 bits per heavy atom. The number of hydrogen-bond acceptors (Lipinski definition) is 4. The van der Waals surface area contributed by atoms with Crippen LogP contribution in [0.25, 0.3) is 0 Å². The monoisotopic (exact) mass is 278 g/mol. The molecule has 0 saturated carbocycles. The molecule has 0 aromatic heterocycles. The lowest BCUT2D eigenvalue weighted by Crippen LogP contribution is -2.42. The molecular formula is C16H22O4. The normalized spacial score (nSPS) is 25.9. The number of benzene rings is 1. The molecule has 1 heterocycles. The average Bonchev–Trinajstić information content (AvgIpc) is 2.73. The van der Waals surface area contributed by atoms with Gasteiger partial charge in [0.25, 0.3) is 0 Å². The second-order valence-corrected chi connectivity index (χ2v) is 5.66. The van der Waals surface area contributed by atoms with Crippen molar-refractivity contribution < 1.29 is 19.0 Å². The highest BCUT2D eigenvalue weighted by Crippen LogP contribution is 2.36. The Hall–Kier alpha value is -1.55. The number of carbonyl (C=O) groups is 1. The van der Waals surface area contributed by atoms with E-state index >= 15 is 0 Å². The van der Waals surface area contributed by atoms with Gasteiger partial charge in [-0.25, -0.2) is 0 Å². The minimum absolute atomic E-state index is 0.180. The smallest absolute Gasteiger partial charge is 0.309 e. The molecule has 4 nitrogen and oxygen atoms in total.